The number of terminal acetylenes is 1. The van der Waals surface area contributed by atoms with Crippen molar-refractivity contribution >= 4 is 22.6 Å². The van der Waals surface area contributed by atoms with E-state index in [-0.39, 0.29) is 12.3 Å². The molecule has 31 heavy (non-hydrogen) atoms. The molecule has 7 heteroatoms. The predicted molar refractivity (Wildman–Crippen MR) is 121 cm³/mol. The quantitative estimate of drug-likeness (QED) is 0.209. The van der Waals surface area contributed by atoms with Crippen LogP contribution >= 0.6 is 0 Å². The molecule has 2 aromatic rings. The minimum atomic E-state index is -1.35. The molecule has 1 fully saturated rings. The van der Waals surface area contributed by atoms with E-state index in [0.717, 1.165) is 11.1 Å². The Balaban J connectivity index is 1.67. The van der Waals surface area contributed by atoms with Gasteiger partial charge in [-0.2, -0.15) is 0 Å². The number of carbonyl (C=O) groups excluding carboxylic acids is 1. The molecule has 0 radical (unpaired) electrons. The standard InChI is InChI=1S/C24H26NO5S/c1-5-24(4,19-8-10-20(11-9-19)25(27)28)30-22(26)16-29-23-17(2)14-21(15-18(23)3)31-12-6-7-13-31/h1,8-11,14-15H,6-7,12-13,16H2,2-4H3/q+1. The first kappa shape index (κ1) is 22.7. The summed E-state index contributed by atoms with van der Waals surface area (Å²) in [5.41, 5.74) is 1.05. The summed E-state index contributed by atoms with van der Waals surface area (Å²) in [7, 11) is 0.316. The fourth-order valence-electron chi connectivity index (χ4n) is 3.66. The molecule has 1 aliphatic rings. The molecule has 0 aromatic heterocycles. The van der Waals surface area contributed by atoms with Crippen molar-refractivity contribution in [1.82, 2.24) is 0 Å². The third kappa shape index (κ3) is 5.20. The molecule has 3 rings (SSSR count). The average molecular weight is 441 g/mol. The van der Waals surface area contributed by atoms with E-state index >= 15 is 0 Å². The van der Waals surface area contributed by atoms with Crippen LogP contribution in [0.3, 0.4) is 0 Å². The number of carbonyl (C=O) groups is 1. The van der Waals surface area contributed by atoms with E-state index in [4.69, 9.17) is 15.9 Å². The molecule has 0 aliphatic carbocycles. The van der Waals surface area contributed by atoms with Crippen molar-refractivity contribution in [2.75, 3.05) is 18.1 Å². The molecule has 1 unspecified atom stereocenters. The van der Waals surface area contributed by atoms with Gasteiger partial charge in [0.15, 0.2) is 17.1 Å². The third-order valence-electron chi connectivity index (χ3n) is 5.36. The van der Waals surface area contributed by atoms with E-state index in [1.54, 1.807) is 6.92 Å². The zero-order valence-corrected chi connectivity index (χ0v) is 18.8. The molecule has 2 aromatic carbocycles. The number of rotatable bonds is 7. The van der Waals surface area contributed by atoms with Gasteiger partial charge < -0.3 is 9.47 Å². The van der Waals surface area contributed by atoms with Gasteiger partial charge in [0, 0.05) is 28.6 Å². The van der Waals surface area contributed by atoms with Gasteiger partial charge in [-0.05, 0) is 69.0 Å². The van der Waals surface area contributed by atoms with Crippen molar-refractivity contribution in [3.8, 4) is 18.1 Å². The molecule has 6 nitrogen and oxygen atoms in total. The van der Waals surface area contributed by atoms with Gasteiger partial charge in [0.05, 0.1) is 4.92 Å². The summed E-state index contributed by atoms with van der Waals surface area (Å²) in [6.45, 7) is 5.26. The summed E-state index contributed by atoms with van der Waals surface area (Å²) in [5, 5.41) is 10.8. The number of nitro benzene ring substituents is 1. The van der Waals surface area contributed by atoms with Crippen LogP contribution in [0.1, 0.15) is 36.5 Å². The van der Waals surface area contributed by atoms with Crippen LogP contribution in [0.4, 0.5) is 5.69 Å². The Morgan fingerprint density at radius 2 is 1.77 bits per heavy atom. The van der Waals surface area contributed by atoms with Gasteiger partial charge in [-0.15, -0.1) is 6.42 Å². The third-order valence-corrected chi connectivity index (χ3v) is 7.82. The second-order valence-electron chi connectivity index (χ2n) is 7.74. The lowest BCUT2D eigenvalue weighted by molar-refractivity contribution is -0.384. The smallest absolute Gasteiger partial charge is 0.345 e. The van der Waals surface area contributed by atoms with E-state index in [2.05, 4.69) is 18.1 Å². The van der Waals surface area contributed by atoms with Crippen LogP contribution < -0.4 is 4.74 Å². The maximum Gasteiger partial charge on any atom is 0.345 e. The molecule has 0 bridgehead atoms. The number of nitrogens with zero attached hydrogens (tertiary/aromatic N) is 1. The van der Waals surface area contributed by atoms with Crippen LogP contribution in [0, 0.1) is 36.3 Å². The van der Waals surface area contributed by atoms with Crippen LogP contribution in [0.2, 0.25) is 0 Å². The van der Waals surface area contributed by atoms with Gasteiger partial charge in [-0.3, -0.25) is 10.1 Å². The number of aryl methyl sites for hydroxylation is 2. The summed E-state index contributed by atoms with van der Waals surface area (Å²) >= 11 is 0. The lowest BCUT2D eigenvalue weighted by Gasteiger charge is -2.24. The topological polar surface area (TPSA) is 78.7 Å². The summed E-state index contributed by atoms with van der Waals surface area (Å²) in [6.07, 6.45) is 8.19. The van der Waals surface area contributed by atoms with Gasteiger partial charge in [-0.25, -0.2) is 4.79 Å². The molecule has 162 valence electrons. The Hall–Kier alpha value is -2.98. The lowest BCUT2D eigenvalue weighted by Crippen LogP contribution is -2.30. The van der Waals surface area contributed by atoms with Gasteiger partial charge >= 0.3 is 5.97 Å². The fourth-order valence-corrected chi connectivity index (χ4v) is 6.12. The molecule has 0 saturated carbocycles. The second-order valence-corrected chi connectivity index (χ2v) is 10.0. The fraction of sp³-hybridized carbons (Fsp3) is 0.375. The van der Waals surface area contributed by atoms with E-state index < -0.39 is 16.5 Å². The molecule has 1 atom stereocenters. The summed E-state index contributed by atoms with van der Waals surface area (Å²) in [4.78, 5) is 24.2. The van der Waals surface area contributed by atoms with Crippen molar-refractivity contribution in [1.29, 1.82) is 0 Å². The van der Waals surface area contributed by atoms with Crippen LogP contribution in [0.15, 0.2) is 41.3 Å². The van der Waals surface area contributed by atoms with Crippen LogP contribution in [0.5, 0.6) is 5.75 Å². The number of non-ortho nitro benzene ring substituents is 1. The van der Waals surface area contributed by atoms with Crippen LogP contribution in [0.25, 0.3) is 0 Å². The van der Waals surface area contributed by atoms with Gasteiger partial charge in [-0.1, -0.05) is 5.92 Å². The Labute approximate surface area is 185 Å². The number of nitro groups is 1. The average Bonchev–Trinajstić information content (AvgIpc) is 3.28. The first-order valence-electron chi connectivity index (χ1n) is 10.1. The van der Waals surface area contributed by atoms with Gasteiger partial charge in [0.2, 0.25) is 0 Å². The Morgan fingerprint density at radius 3 is 2.29 bits per heavy atom. The molecular formula is C24H26NO5S+. The maximum absolute atomic E-state index is 12.5. The summed E-state index contributed by atoms with van der Waals surface area (Å²) in [6, 6.07) is 9.95. The van der Waals surface area contributed by atoms with Gasteiger partial charge in [0.25, 0.3) is 5.69 Å². The largest absolute Gasteiger partial charge is 0.481 e. The lowest BCUT2D eigenvalue weighted by atomic mass is 9.96. The molecule has 1 aliphatic heterocycles. The Kier molecular flexibility index (Phi) is 6.91. The first-order chi connectivity index (χ1) is 14.7. The highest BCUT2D eigenvalue weighted by molar-refractivity contribution is 7.97. The number of hydrogen-bond donors (Lipinski definition) is 0. The molecule has 0 spiro atoms. The van der Waals surface area contributed by atoms with E-state index in [9.17, 15) is 14.9 Å². The predicted octanol–water partition coefficient (Wildman–Crippen LogP) is 4.45. The minimum Gasteiger partial charge on any atom is -0.481 e. The molecule has 0 amide bonds. The van der Waals surface area contributed by atoms with Crippen molar-refractivity contribution in [2.24, 2.45) is 0 Å². The molecular weight excluding hydrogens is 414 g/mol. The monoisotopic (exact) mass is 440 g/mol. The highest BCUT2D eigenvalue weighted by atomic mass is 32.2. The zero-order valence-electron chi connectivity index (χ0n) is 18.0. The molecule has 1 saturated heterocycles. The van der Waals surface area contributed by atoms with E-state index in [1.807, 2.05) is 13.8 Å². The van der Waals surface area contributed by atoms with Gasteiger partial charge in [0.1, 0.15) is 17.3 Å². The number of benzene rings is 2. The Bertz CT molecular complexity index is 998. The minimum absolute atomic E-state index is 0.0644. The highest BCUT2D eigenvalue weighted by Crippen LogP contribution is 2.31. The molecule has 0 N–H and O–H groups in total. The van der Waals surface area contributed by atoms with Crippen molar-refractivity contribution in [2.45, 2.75) is 44.1 Å². The Morgan fingerprint density at radius 1 is 1.19 bits per heavy atom. The first-order valence-corrected chi connectivity index (χ1v) is 11.7. The van der Waals surface area contributed by atoms with Crippen molar-refractivity contribution in [3.05, 3.63) is 63.2 Å². The summed E-state index contributed by atoms with van der Waals surface area (Å²) < 4.78 is 11.3. The molecule has 1 heterocycles. The number of ether oxygens (including phenoxy) is 2. The van der Waals surface area contributed by atoms with Crippen molar-refractivity contribution < 1.29 is 19.2 Å². The zero-order chi connectivity index (χ0) is 22.6. The van der Waals surface area contributed by atoms with Crippen LogP contribution in [-0.4, -0.2) is 29.0 Å². The summed E-state index contributed by atoms with van der Waals surface area (Å²) in [5.74, 6) is 5.03. The second kappa shape index (κ2) is 9.44. The van der Waals surface area contributed by atoms with E-state index in [0.29, 0.717) is 22.2 Å². The number of esters is 1. The van der Waals surface area contributed by atoms with Crippen molar-refractivity contribution in [3.63, 3.8) is 0 Å². The van der Waals surface area contributed by atoms with E-state index in [1.165, 1.54) is 53.5 Å². The maximum atomic E-state index is 12.5. The van der Waals surface area contributed by atoms with Crippen LogP contribution in [-0.2, 0) is 26.0 Å². The normalized spacial score (nSPS) is 15.7. The highest BCUT2D eigenvalue weighted by Gasteiger charge is 2.30. The SMILES string of the molecule is C#CC(C)(OC(=O)COc1c(C)cc([S+]2CCCC2)cc1C)c1ccc([N+](=O)[O-])cc1. The number of hydrogen-bond acceptors (Lipinski definition) is 5.